The molecule has 0 aliphatic rings. The van der Waals surface area contributed by atoms with E-state index >= 15 is 0 Å². The van der Waals surface area contributed by atoms with Gasteiger partial charge in [-0.2, -0.15) is 26.3 Å². The quantitative estimate of drug-likeness (QED) is 0.787. The summed E-state index contributed by atoms with van der Waals surface area (Å²) >= 11 is 0. The smallest absolute Gasteiger partial charge is 0.437 e. The molecule has 0 aliphatic carbocycles. The third-order valence-electron chi connectivity index (χ3n) is 2.72. The minimum absolute atomic E-state index is 0.0217. The number of pyridine rings is 1. The Balaban J connectivity index is 2.48. The van der Waals surface area contributed by atoms with E-state index in [1.54, 1.807) is 0 Å². The van der Waals surface area contributed by atoms with Crippen LogP contribution in [0.25, 0.3) is 11.1 Å². The van der Waals surface area contributed by atoms with Gasteiger partial charge >= 0.3 is 12.4 Å². The van der Waals surface area contributed by atoms with E-state index in [0.717, 1.165) is 36.5 Å². The molecule has 0 atom stereocenters. The molecule has 2 nitrogen and oxygen atoms in total. The number of aromatic hydroxyl groups is 1. The van der Waals surface area contributed by atoms with E-state index in [-0.39, 0.29) is 11.1 Å². The Labute approximate surface area is 114 Å². The maximum atomic E-state index is 12.6. The normalized spacial score (nSPS) is 12.5. The summed E-state index contributed by atoms with van der Waals surface area (Å²) in [5.41, 5.74) is -2.64. The maximum absolute atomic E-state index is 12.6. The molecular weight excluding hydrogens is 300 g/mol. The van der Waals surface area contributed by atoms with E-state index in [1.165, 1.54) is 0 Å². The summed E-state index contributed by atoms with van der Waals surface area (Å²) in [4.78, 5) is 3.04. The summed E-state index contributed by atoms with van der Waals surface area (Å²) in [7, 11) is 0. The molecule has 1 aromatic carbocycles. The van der Waals surface area contributed by atoms with Crippen LogP contribution < -0.4 is 0 Å². The van der Waals surface area contributed by atoms with Gasteiger partial charge in [0.2, 0.25) is 0 Å². The van der Waals surface area contributed by atoms with Crippen LogP contribution in [0.1, 0.15) is 11.3 Å². The number of halogens is 6. The lowest BCUT2D eigenvalue weighted by Gasteiger charge is -2.12. The summed E-state index contributed by atoms with van der Waals surface area (Å²) in [5.74, 6) is -1.12. The number of rotatable bonds is 1. The van der Waals surface area contributed by atoms with Crippen molar-refractivity contribution >= 4 is 0 Å². The van der Waals surface area contributed by atoms with E-state index in [1.807, 2.05) is 0 Å². The van der Waals surface area contributed by atoms with Crippen LogP contribution in [-0.4, -0.2) is 10.1 Å². The van der Waals surface area contributed by atoms with Crippen molar-refractivity contribution in [3.63, 3.8) is 0 Å². The van der Waals surface area contributed by atoms with Gasteiger partial charge in [-0.25, -0.2) is 4.98 Å². The SMILES string of the molecule is Oc1c(-c2ccc(C(F)(F)F)cc2)ccnc1C(F)(F)F. The summed E-state index contributed by atoms with van der Waals surface area (Å²) in [6.45, 7) is 0. The fourth-order valence-electron chi connectivity index (χ4n) is 1.73. The molecule has 1 heterocycles. The molecule has 0 amide bonds. The molecule has 2 rings (SSSR count). The summed E-state index contributed by atoms with van der Waals surface area (Å²) in [5, 5.41) is 9.60. The third-order valence-corrected chi connectivity index (χ3v) is 2.72. The standard InChI is InChI=1S/C13H7F6NO/c14-12(15,16)8-3-1-7(2-4-8)9-5-6-20-11(10(9)21)13(17,18)19/h1-6,21H. The first-order valence-electron chi connectivity index (χ1n) is 5.53. The average molecular weight is 307 g/mol. The monoisotopic (exact) mass is 307 g/mol. The Morgan fingerprint density at radius 2 is 1.38 bits per heavy atom. The molecule has 0 radical (unpaired) electrons. The van der Waals surface area contributed by atoms with E-state index in [9.17, 15) is 31.4 Å². The van der Waals surface area contributed by atoms with Crippen LogP contribution in [0, 0.1) is 0 Å². The number of hydrogen-bond acceptors (Lipinski definition) is 2. The van der Waals surface area contributed by atoms with Gasteiger partial charge < -0.3 is 5.11 Å². The van der Waals surface area contributed by atoms with E-state index < -0.39 is 29.4 Å². The second kappa shape index (κ2) is 4.94. The van der Waals surface area contributed by atoms with Crippen LogP contribution in [-0.2, 0) is 12.4 Å². The highest BCUT2D eigenvalue weighted by atomic mass is 19.4. The van der Waals surface area contributed by atoms with Gasteiger partial charge in [-0.15, -0.1) is 0 Å². The van der Waals surface area contributed by atoms with Crippen LogP contribution in [0.2, 0.25) is 0 Å². The summed E-state index contributed by atoms with van der Waals surface area (Å²) in [6.07, 6.45) is -8.57. The molecule has 1 aromatic heterocycles. The average Bonchev–Trinajstić information content (AvgIpc) is 2.37. The second-order valence-corrected chi connectivity index (χ2v) is 4.13. The molecule has 0 spiro atoms. The van der Waals surface area contributed by atoms with Crippen molar-refractivity contribution in [2.75, 3.05) is 0 Å². The first-order valence-corrected chi connectivity index (χ1v) is 5.53. The van der Waals surface area contributed by atoms with Crippen LogP contribution >= 0.6 is 0 Å². The molecule has 0 fully saturated rings. The van der Waals surface area contributed by atoms with Gasteiger partial charge in [-0.1, -0.05) is 12.1 Å². The van der Waals surface area contributed by atoms with Crippen LogP contribution in [0.5, 0.6) is 5.75 Å². The largest absolute Gasteiger partial charge is 0.505 e. The van der Waals surface area contributed by atoms with Gasteiger partial charge in [0.15, 0.2) is 11.4 Å². The highest BCUT2D eigenvalue weighted by molar-refractivity contribution is 5.71. The predicted octanol–water partition coefficient (Wildman–Crippen LogP) is 4.49. The van der Waals surface area contributed by atoms with Gasteiger partial charge in [0.25, 0.3) is 0 Å². The van der Waals surface area contributed by atoms with Crippen LogP contribution in [0.15, 0.2) is 36.5 Å². The Morgan fingerprint density at radius 1 is 0.810 bits per heavy atom. The lowest BCUT2D eigenvalue weighted by atomic mass is 10.0. The molecule has 0 bridgehead atoms. The Morgan fingerprint density at radius 3 is 1.86 bits per heavy atom. The first kappa shape index (κ1) is 15.1. The molecule has 8 heteroatoms. The lowest BCUT2D eigenvalue weighted by Crippen LogP contribution is -2.08. The second-order valence-electron chi connectivity index (χ2n) is 4.13. The van der Waals surface area contributed by atoms with Gasteiger partial charge in [0.05, 0.1) is 5.56 Å². The van der Waals surface area contributed by atoms with E-state index in [2.05, 4.69) is 4.98 Å². The number of aromatic nitrogens is 1. The number of benzene rings is 1. The van der Waals surface area contributed by atoms with Crippen molar-refractivity contribution in [1.82, 2.24) is 4.98 Å². The topological polar surface area (TPSA) is 33.1 Å². The first-order chi connectivity index (χ1) is 9.60. The summed E-state index contributed by atoms with van der Waals surface area (Å²) < 4.78 is 75.0. The predicted molar refractivity (Wildman–Crippen MR) is 61.3 cm³/mol. The molecule has 1 N–H and O–H groups in total. The number of hydrogen-bond donors (Lipinski definition) is 1. The minimum atomic E-state index is -4.86. The van der Waals surface area contributed by atoms with Gasteiger partial charge in [-0.05, 0) is 23.8 Å². The molecule has 112 valence electrons. The van der Waals surface area contributed by atoms with Crippen molar-refractivity contribution in [3.8, 4) is 16.9 Å². The molecule has 0 unspecified atom stereocenters. The molecule has 0 saturated carbocycles. The van der Waals surface area contributed by atoms with Gasteiger partial charge in [0, 0.05) is 11.8 Å². The maximum Gasteiger partial charge on any atom is 0.437 e. The molecular formula is C13H7F6NO. The number of nitrogens with zero attached hydrogens (tertiary/aromatic N) is 1. The third kappa shape index (κ3) is 3.09. The number of alkyl halides is 6. The zero-order chi connectivity index (χ0) is 15.8. The van der Waals surface area contributed by atoms with Gasteiger partial charge in [0.1, 0.15) is 0 Å². The Bertz CT molecular complexity index is 645. The van der Waals surface area contributed by atoms with E-state index in [0.29, 0.717) is 0 Å². The zero-order valence-corrected chi connectivity index (χ0v) is 10.1. The molecule has 0 aliphatic heterocycles. The van der Waals surface area contributed by atoms with Crippen molar-refractivity contribution < 1.29 is 31.4 Å². The van der Waals surface area contributed by atoms with Crippen molar-refractivity contribution in [2.24, 2.45) is 0 Å². The highest BCUT2D eigenvalue weighted by Crippen LogP contribution is 2.40. The van der Waals surface area contributed by atoms with Gasteiger partial charge in [-0.3, -0.25) is 0 Å². The fourth-order valence-corrected chi connectivity index (χ4v) is 1.73. The van der Waals surface area contributed by atoms with Crippen LogP contribution in [0.4, 0.5) is 26.3 Å². The van der Waals surface area contributed by atoms with Crippen molar-refractivity contribution in [3.05, 3.63) is 47.8 Å². The van der Waals surface area contributed by atoms with Crippen molar-refractivity contribution in [1.29, 1.82) is 0 Å². The lowest BCUT2D eigenvalue weighted by molar-refractivity contribution is -0.142. The van der Waals surface area contributed by atoms with E-state index in [4.69, 9.17) is 0 Å². The van der Waals surface area contributed by atoms with Crippen molar-refractivity contribution in [2.45, 2.75) is 12.4 Å². The minimum Gasteiger partial charge on any atom is -0.505 e. The zero-order valence-electron chi connectivity index (χ0n) is 10.1. The van der Waals surface area contributed by atoms with Crippen LogP contribution in [0.3, 0.4) is 0 Å². The molecule has 0 saturated heterocycles. The molecule has 2 aromatic rings. The highest BCUT2D eigenvalue weighted by Gasteiger charge is 2.37. The fraction of sp³-hybridized carbons (Fsp3) is 0.154. The summed E-state index contributed by atoms with van der Waals surface area (Å²) in [6, 6.07) is 4.51. The Hall–Kier alpha value is -2.25. The Kier molecular flexibility index (Phi) is 3.56. The molecule has 21 heavy (non-hydrogen) atoms.